The molecular formula is C11H21N3O5S. The van der Waals surface area contributed by atoms with Crippen LogP contribution in [0.3, 0.4) is 0 Å². The van der Waals surface area contributed by atoms with E-state index in [9.17, 15) is 14.4 Å². The second kappa shape index (κ2) is 10.3. The molecule has 0 bridgehead atoms. The third-order valence-electron chi connectivity index (χ3n) is 2.33. The van der Waals surface area contributed by atoms with E-state index in [4.69, 9.17) is 15.6 Å². The number of nitrogens with zero attached hydrogens (tertiary/aromatic N) is 1. The number of carboxylic acid groups (broad SMARTS) is 1. The lowest BCUT2D eigenvalue weighted by molar-refractivity contribution is -0.140. The van der Waals surface area contributed by atoms with Crippen LogP contribution in [0.5, 0.6) is 0 Å². The van der Waals surface area contributed by atoms with Crippen LogP contribution in [0.1, 0.15) is 6.92 Å². The second-order valence-electron chi connectivity index (χ2n) is 3.98. The molecule has 0 aromatic carbocycles. The molecule has 0 aromatic heterocycles. The number of amides is 3. The first-order valence-corrected chi connectivity index (χ1v) is 7.38. The monoisotopic (exact) mass is 307 g/mol. The highest BCUT2D eigenvalue weighted by atomic mass is 32.2. The molecule has 0 radical (unpaired) electrons. The summed E-state index contributed by atoms with van der Waals surface area (Å²) < 4.78 is 5.00. The Hall–Kier alpha value is -1.48. The highest BCUT2D eigenvalue weighted by Gasteiger charge is 2.16. The molecular weight excluding hydrogens is 286 g/mol. The maximum absolute atomic E-state index is 10.4. The van der Waals surface area contributed by atoms with Gasteiger partial charge in [-0.25, -0.2) is 9.59 Å². The minimum absolute atomic E-state index is 0.313. The summed E-state index contributed by atoms with van der Waals surface area (Å²) in [5.41, 5.74) is 5.00. The van der Waals surface area contributed by atoms with E-state index in [0.29, 0.717) is 32.1 Å². The standard InChI is InChI=1S/C6H11NO3S.C5H10N2O2/c1-4(8)7-5(3-11-2)6(9)10;6-5(8)7-1-3-9-4-2-7/h5H,3H2,1-2H3,(H,7,8)(H,9,10);1-4H2,(H2,6,8)/t5-;/m0./s1. The summed E-state index contributed by atoms with van der Waals surface area (Å²) in [4.78, 5) is 32.9. The third-order valence-corrected chi connectivity index (χ3v) is 3.00. The van der Waals surface area contributed by atoms with Crippen LogP contribution in [-0.2, 0) is 14.3 Å². The molecule has 1 aliphatic heterocycles. The van der Waals surface area contributed by atoms with E-state index in [1.807, 2.05) is 0 Å². The van der Waals surface area contributed by atoms with Crippen molar-refractivity contribution in [2.24, 2.45) is 5.73 Å². The molecule has 0 saturated carbocycles. The van der Waals surface area contributed by atoms with E-state index < -0.39 is 12.0 Å². The van der Waals surface area contributed by atoms with Crippen molar-refractivity contribution in [1.82, 2.24) is 10.2 Å². The molecule has 1 rings (SSSR count). The van der Waals surface area contributed by atoms with Gasteiger partial charge in [0.2, 0.25) is 5.91 Å². The summed E-state index contributed by atoms with van der Waals surface area (Å²) in [6, 6.07) is -1.11. The van der Waals surface area contributed by atoms with Crippen molar-refractivity contribution in [3.63, 3.8) is 0 Å². The van der Waals surface area contributed by atoms with E-state index in [1.165, 1.54) is 18.7 Å². The summed E-state index contributed by atoms with van der Waals surface area (Å²) >= 11 is 1.38. The number of hydrogen-bond donors (Lipinski definition) is 3. The van der Waals surface area contributed by atoms with Crippen LogP contribution < -0.4 is 11.1 Å². The molecule has 8 nitrogen and oxygen atoms in total. The lowest BCUT2D eigenvalue weighted by Crippen LogP contribution is -2.43. The average molecular weight is 307 g/mol. The maximum Gasteiger partial charge on any atom is 0.327 e. The Labute approximate surface area is 122 Å². The zero-order valence-corrected chi connectivity index (χ0v) is 12.4. The number of aliphatic carboxylic acids is 1. The number of nitrogens with one attached hydrogen (secondary N) is 1. The van der Waals surface area contributed by atoms with E-state index >= 15 is 0 Å². The van der Waals surface area contributed by atoms with Gasteiger partial charge in [-0.2, -0.15) is 11.8 Å². The van der Waals surface area contributed by atoms with Crippen molar-refractivity contribution < 1.29 is 24.2 Å². The molecule has 20 heavy (non-hydrogen) atoms. The number of ether oxygens (including phenoxy) is 1. The molecule has 9 heteroatoms. The van der Waals surface area contributed by atoms with Gasteiger partial charge in [-0.05, 0) is 6.26 Å². The number of nitrogens with two attached hydrogens (primary N) is 1. The van der Waals surface area contributed by atoms with Gasteiger partial charge in [0, 0.05) is 25.8 Å². The molecule has 0 spiro atoms. The second-order valence-corrected chi connectivity index (χ2v) is 4.90. The van der Waals surface area contributed by atoms with Crippen LogP contribution in [0.2, 0.25) is 0 Å². The zero-order valence-electron chi connectivity index (χ0n) is 11.6. The smallest absolute Gasteiger partial charge is 0.327 e. The predicted octanol–water partition coefficient (Wildman–Crippen LogP) is -0.664. The fourth-order valence-corrected chi connectivity index (χ4v) is 1.93. The minimum Gasteiger partial charge on any atom is -0.480 e. The van der Waals surface area contributed by atoms with Crippen molar-refractivity contribution >= 4 is 29.7 Å². The fourth-order valence-electron chi connectivity index (χ4n) is 1.37. The number of primary amides is 1. The average Bonchev–Trinajstić information content (AvgIpc) is 2.39. The molecule has 3 amide bonds. The molecule has 0 unspecified atom stereocenters. The molecule has 1 fully saturated rings. The van der Waals surface area contributed by atoms with Gasteiger partial charge in [0.1, 0.15) is 6.04 Å². The highest BCUT2D eigenvalue weighted by Crippen LogP contribution is 1.97. The molecule has 4 N–H and O–H groups in total. The number of rotatable bonds is 4. The number of thioether (sulfide) groups is 1. The van der Waals surface area contributed by atoms with Gasteiger partial charge in [0.05, 0.1) is 13.2 Å². The summed E-state index contributed by atoms with van der Waals surface area (Å²) in [5.74, 6) is -0.907. The van der Waals surface area contributed by atoms with Gasteiger partial charge in [-0.15, -0.1) is 0 Å². The van der Waals surface area contributed by atoms with Crippen LogP contribution in [0, 0.1) is 0 Å². The van der Waals surface area contributed by atoms with Crippen LogP contribution in [0.25, 0.3) is 0 Å². The number of carboxylic acids is 1. The maximum atomic E-state index is 10.4. The van der Waals surface area contributed by atoms with Gasteiger partial charge < -0.3 is 25.8 Å². The Balaban J connectivity index is 0.000000367. The van der Waals surface area contributed by atoms with Gasteiger partial charge >= 0.3 is 12.0 Å². The van der Waals surface area contributed by atoms with E-state index in [0.717, 1.165) is 0 Å². The van der Waals surface area contributed by atoms with Crippen LogP contribution >= 0.6 is 11.8 Å². The van der Waals surface area contributed by atoms with Gasteiger partial charge in [0.25, 0.3) is 0 Å². The molecule has 1 saturated heterocycles. The predicted molar refractivity (Wildman–Crippen MR) is 75.6 cm³/mol. The van der Waals surface area contributed by atoms with Crippen molar-refractivity contribution in [2.75, 3.05) is 38.3 Å². The van der Waals surface area contributed by atoms with Gasteiger partial charge in [-0.3, -0.25) is 4.79 Å². The van der Waals surface area contributed by atoms with E-state index in [-0.39, 0.29) is 11.9 Å². The molecule has 0 aromatic rings. The van der Waals surface area contributed by atoms with E-state index in [1.54, 1.807) is 11.2 Å². The largest absolute Gasteiger partial charge is 0.480 e. The Bertz CT molecular complexity index is 334. The normalized spacial score (nSPS) is 15.6. The summed E-state index contributed by atoms with van der Waals surface area (Å²) in [6.45, 7) is 3.80. The Kier molecular flexibility index (Phi) is 9.56. The first-order chi connectivity index (χ1) is 9.38. The molecule has 1 aliphatic rings. The van der Waals surface area contributed by atoms with Crippen LogP contribution in [-0.4, -0.2) is 72.3 Å². The van der Waals surface area contributed by atoms with Crippen LogP contribution in [0.4, 0.5) is 4.79 Å². The number of urea groups is 1. The summed E-state index contributed by atoms with van der Waals surface area (Å²) in [6.07, 6.45) is 1.79. The lowest BCUT2D eigenvalue weighted by Gasteiger charge is -2.24. The number of carbonyl (C=O) groups excluding carboxylic acids is 2. The molecule has 116 valence electrons. The number of carbonyl (C=O) groups is 3. The Morgan fingerprint density at radius 2 is 1.95 bits per heavy atom. The molecule has 1 heterocycles. The SMILES string of the molecule is CSC[C@H](NC(C)=O)C(=O)O.NC(=O)N1CCOCC1. The lowest BCUT2D eigenvalue weighted by atomic mass is 10.3. The summed E-state index contributed by atoms with van der Waals surface area (Å²) in [7, 11) is 0. The highest BCUT2D eigenvalue weighted by molar-refractivity contribution is 7.98. The van der Waals surface area contributed by atoms with Crippen molar-refractivity contribution in [1.29, 1.82) is 0 Å². The zero-order chi connectivity index (χ0) is 15.5. The van der Waals surface area contributed by atoms with Gasteiger partial charge in [0.15, 0.2) is 0 Å². The topological polar surface area (TPSA) is 122 Å². The first-order valence-electron chi connectivity index (χ1n) is 5.99. The number of hydrogen-bond acceptors (Lipinski definition) is 5. The van der Waals surface area contributed by atoms with Gasteiger partial charge in [-0.1, -0.05) is 0 Å². The van der Waals surface area contributed by atoms with Crippen molar-refractivity contribution in [3.8, 4) is 0 Å². The minimum atomic E-state index is -0.991. The third kappa shape index (κ3) is 8.59. The summed E-state index contributed by atoms with van der Waals surface area (Å²) in [5, 5.41) is 10.8. The Morgan fingerprint density at radius 1 is 1.40 bits per heavy atom. The van der Waals surface area contributed by atoms with Crippen molar-refractivity contribution in [3.05, 3.63) is 0 Å². The van der Waals surface area contributed by atoms with E-state index in [2.05, 4.69) is 5.32 Å². The fraction of sp³-hybridized carbons (Fsp3) is 0.727. The van der Waals surface area contributed by atoms with Crippen LogP contribution in [0.15, 0.2) is 0 Å². The first kappa shape index (κ1) is 18.5. The quantitative estimate of drug-likeness (QED) is 0.633. The Morgan fingerprint density at radius 3 is 2.25 bits per heavy atom. The molecule has 0 aliphatic carbocycles. The molecule has 1 atom stereocenters. The number of morpholine rings is 1. The van der Waals surface area contributed by atoms with Crippen molar-refractivity contribution in [2.45, 2.75) is 13.0 Å².